The zero-order chi connectivity index (χ0) is 7.56. The van der Waals surface area contributed by atoms with E-state index >= 15 is 0 Å². The van der Waals surface area contributed by atoms with Gasteiger partial charge in [-0.1, -0.05) is 12.1 Å². The first kappa shape index (κ1) is 7.22. The van der Waals surface area contributed by atoms with Crippen LogP contribution in [0.15, 0.2) is 18.2 Å². The molecule has 0 aliphatic heterocycles. The number of hydrogen-bond acceptors (Lipinski definition) is 2. The van der Waals surface area contributed by atoms with E-state index in [1.165, 1.54) is 6.07 Å². The van der Waals surface area contributed by atoms with E-state index in [1.807, 2.05) is 0 Å². The zero-order valence-corrected chi connectivity index (χ0v) is 5.97. The number of hydrogen-bond donors (Lipinski definition) is 2. The largest absolute Gasteiger partial charge is 0.504 e. The molecule has 0 spiro atoms. The third-order valence-electron chi connectivity index (χ3n) is 1.24. The molecule has 3 heteroatoms. The van der Waals surface area contributed by atoms with Crippen LogP contribution in [0.1, 0.15) is 5.56 Å². The summed E-state index contributed by atoms with van der Waals surface area (Å²) in [5.74, 6) is -0.0455. The lowest BCUT2D eigenvalue weighted by Crippen LogP contribution is -1.78. The minimum Gasteiger partial charge on any atom is -0.504 e. The molecule has 54 valence electrons. The van der Waals surface area contributed by atoms with Crippen LogP contribution in [0.4, 0.5) is 0 Å². The molecule has 1 rings (SSSR count). The molecular formula is C7H7ClO2. The molecule has 1 aromatic carbocycles. The lowest BCUT2D eigenvalue weighted by molar-refractivity contribution is 0.401. The summed E-state index contributed by atoms with van der Waals surface area (Å²) in [5.41, 5.74) is 0.543. The summed E-state index contributed by atoms with van der Waals surface area (Å²) in [7, 11) is 0. The summed E-state index contributed by atoms with van der Waals surface area (Å²) >= 11 is 5.43. The number of halogens is 1. The van der Waals surface area contributed by atoms with Crippen molar-refractivity contribution in [3.8, 4) is 11.5 Å². The van der Waals surface area contributed by atoms with Gasteiger partial charge in [-0.25, -0.2) is 0 Å². The maximum absolute atomic E-state index is 9.06. The first-order chi connectivity index (χ1) is 4.75. The highest BCUT2D eigenvalue weighted by Crippen LogP contribution is 2.28. The Kier molecular flexibility index (Phi) is 2.02. The second-order valence-electron chi connectivity index (χ2n) is 1.92. The van der Waals surface area contributed by atoms with Crippen molar-refractivity contribution in [1.82, 2.24) is 0 Å². The van der Waals surface area contributed by atoms with Gasteiger partial charge in [0, 0.05) is 5.56 Å². The number of benzene rings is 1. The van der Waals surface area contributed by atoms with E-state index in [9.17, 15) is 0 Å². The van der Waals surface area contributed by atoms with Gasteiger partial charge in [-0.3, -0.25) is 0 Å². The normalized spacial score (nSPS) is 9.70. The summed E-state index contributed by atoms with van der Waals surface area (Å²) in [4.78, 5) is 0. The summed E-state index contributed by atoms with van der Waals surface area (Å²) in [6, 6.07) is 4.69. The van der Waals surface area contributed by atoms with E-state index in [0.717, 1.165) is 0 Å². The zero-order valence-electron chi connectivity index (χ0n) is 5.21. The number of phenolic OH excluding ortho intramolecular Hbond substituents is 2. The highest BCUT2D eigenvalue weighted by Gasteiger charge is 2.02. The van der Waals surface area contributed by atoms with Crippen molar-refractivity contribution in [1.29, 1.82) is 0 Å². The third kappa shape index (κ3) is 1.16. The van der Waals surface area contributed by atoms with Gasteiger partial charge in [0.05, 0.1) is 5.88 Å². The SMILES string of the molecule is Oc1cccc(CCl)c1O. The summed E-state index contributed by atoms with van der Waals surface area (Å²) in [6.07, 6.45) is 0. The molecule has 0 saturated heterocycles. The Morgan fingerprint density at radius 1 is 1.30 bits per heavy atom. The van der Waals surface area contributed by atoms with Crippen LogP contribution in [-0.2, 0) is 5.88 Å². The molecule has 0 bridgehead atoms. The highest BCUT2D eigenvalue weighted by atomic mass is 35.5. The fraction of sp³-hybridized carbons (Fsp3) is 0.143. The Labute approximate surface area is 63.7 Å². The molecule has 0 aliphatic rings. The summed E-state index contributed by atoms with van der Waals surface area (Å²) in [5, 5.41) is 18.0. The van der Waals surface area contributed by atoms with E-state index < -0.39 is 0 Å². The van der Waals surface area contributed by atoms with E-state index in [1.54, 1.807) is 12.1 Å². The van der Waals surface area contributed by atoms with Crippen molar-refractivity contribution in [3.63, 3.8) is 0 Å². The second kappa shape index (κ2) is 2.80. The lowest BCUT2D eigenvalue weighted by Gasteiger charge is -2.00. The fourth-order valence-electron chi connectivity index (χ4n) is 0.686. The topological polar surface area (TPSA) is 40.5 Å². The monoisotopic (exact) mass is 158 g/mol. The van der Waals surface area contributed by atoms with Crippen molar-refractivity contribution in [2.24, 2.45) is 0 Å². The molecule has 1 aromatic rings. The number of aromatic hydroxyl groups is 2. The first-order valence-electron chi connectivity index (χ1n) is 2.81. The highest BCUT2D eigenvalue weighted by molar-refractivity contribution is 6.17. The summed E-state index contributed by atoms with van der Waals surface area (Å²) in [6.45, 7) is 0. The van der Waals surface area contributed by atoms with Crippen molar-refractivity contribution in [2.45, 2.75) is 5.88 Å². The van der Waals surface area contributed by atoms with Crippen molar-refractivity contribution < 1.29 is 10.2 Å². The lowest BCUT2D eigenvalue weighted by atomic mass is 10.2. The average molecular weight is 159 g/mol. The van der Waals surface area contributed by atoms with Gasteiger partial charge >= 0.3 is 0 Å². The van der Waals surface area contributed by atoms with Gasteiger partial charge in [-0.2, -0.15) is 0 Å². The molecule has 10 heavy (non-hydrogen) atoms. The second-order valence-corrected chi connectivity index (χ2v) is 2.19. The predicted octanol–water partition coefficient (Wildman–Crippen LogP) is 1.84. The van der Waals surface area contributed by atoms with Gasteiger partial charge in [0.1, 0.15) is 0 Å². The third-order valence-corrected chi connectivity index (χ3v) is 1.53. The molecule has 2 N–H and O–H groups in total. The molecule has 0 atom stereocenters. The molecule has 2 nitrogen and oxygen atoms in total. The van der Waals surface area contributed by atoms with Crippen LogP contribution in [0.5, 0.6) is 11.5 Å². The molecule has 0 aromatic heterocycles. The number of para-hydroxylation sites is 1. The van der Waals surface area contributed by atoms with Crippen LogP contribution in [0.25, 0.3) is 0 Å². The van der Waals surface area contributed by atoms with Gasteiger partial charge in [-0.05, 0) is 6.07 Å². The van der Waals surface area contributed by atoms with Gasteiger partial charge in [0.25, 0.3) is 0 Å². The fourth-order valence-corrected chi connectivity index (χ4v) is 0.901. The van der Waals surface area contributed by atoms with Crippen LogP contribution in [0, 0.1) is 0 Å². The van der Waals surface area contributed by atoms with E-state index in [-0.39, 0.29) is 17.4 Å². The molecule has 0 unspecified atom stereocenters. The minimum absolute atomic E-state index is 0.127. The van der Waals surface area contributed by atoms with Crippen LogP contribution < -0.4 is 0 Å². The Balaban J connectivity index is 3.14. The van der Waals surface area contributed by atoms with Crippen LogP contribution in [0.2, 0.25) is 0 Å². The average Bonchev–Trinajstić information content (AvgIpc) is 1.95. The first-order valence-corrected chi connectivity index (χ1v) is 3.35. The number of phenols is 2. The smallest absolute Gasteiger partial charge is 0.161 e. The Morgan fingerprint density at radius 3 is 2.50 bits per heavy atom. The van der Waals surface area contributed by atoms with Gasteiger partial charge in [-0.15, -0.1) is 11.6 Å². The maximum Gasteiger partial charge on any atom is 0.161 e. The molecular weight excluding hydrogens is 152 g/mol. The molecule has 0 radical (unpaired) electrons. The number of rotatable bonds is 1. The quantitative estimate of drug-likeness (QED) is 0.484. The van der Waals surface area contributed by atoms with E-state index in [4.69, 9.17) is 21.8 Å². The van der Waals surface area contributed by atoms with Crippen LogP contribution >= 0.6 is 11.6 Å². The predicted molar refractivity (Wildman–Crippen MR) is 39.3 cm³/mol. The van der Waals surface area contributed by atoms with Crippen molar-refractivity contribution >= 4 is 11.6 Å². The molecule has 0 heterocycles. The van der Waals surface area contributed by atoms with Gasteiger partial charge in [0.15, 0.2) is 11.5 Å². The molecule has 0 fully saturated rings. The van der Waals surface area contributed by atoms with Crippen molar-refractivity contribution in [2.75, 3.05) is 0 Å². The number of alkyl halides is 1. The van der Waals surface area contributed by atoms with E-state index in [2.05, 4.69) is 0 Å². The van der Waals surface area contributed by atoms with Crippen LogP contribution in [0.3, 0.4) is 0 Å². The minimum atomic E-state index is -0.127. The van der Waals surface area contributed by atoms with Crippen LogP contribution in [-0.4, -0.2) is 10.2 Å². The Morgan fingerprint density at radius 2 is 2.00 bits per heavy atom. The Bertz CT molecular complexity index is 235. The standard InChI is InChI=1S/C7H7ClO2/c8-4-5-2-1-3-6(9)7(5)10/h1-3,9-10H,4H2. The Hall–Kier alpha value is -0.890. The van der Waals surface area contributed by atoms with Gasteiger partial charge < -0.3 is 10.2 Å². The van der Waals surface area contributed by atoms with E-state index in [0.29, 0.717) is 5.56 Å². The molecule has 0 saturated carbocycles. The van der Waals surface area contributed by atoms with Gasteiger partial charge in [0.2, 0.25) is 0 Å². The maximum atomic E-state index is 9.06. The molecule has 0 amide bonds. The van der Waals surface area contributed by atoms with Crippen molar-refractivity contribution in [3.05, 3.63) is 23.8 Å². The summed E-state index contributed by atoms with van der Waals surface area (Å²) < 4.78 is 0. The molecule has 0 aliphatic carbocycles.